The highest BCUT2D eigenvalue weighted by atomic mass is 35.5. The van der Waals surface area contributed by atoms with Crippen LogP contribution in [-0.4, -0.2) is 64.5 Å². The number of aliphatic hydroxyl groups is 1. The summed E-state index contributed by atoms with van der Waals surface area (Å²) in [5.41, 5.74) is 0.521. The van der Waals surface area contributed by atoms with E-state index in [0.29, 0.717) is 28.9 Å². The standard InChI is InChI=1S/C22H24ClFN4O4/c1-31-20-6-13-10-25-22(27-18-8-19(30)15(23)7-16(18)24)26-17(13)9-21(20)32-12-14(29)11-28-4-2-3-5-28/h6-10,14,29-30H,2-5,11-12H2,1H3,(H,25,26,27). The highest BCUT2D eigenvalue weighted by molar-refractivity contribution is 6.32. The van der Waals surface area contributed by atoms with Gasteiger partial charge < -0.3 is 29.9 Å². The van der Waals surface area contributed by atoms with Crippen LogP contribution in [0.3, 0.4) is 0 Å². The van der Waals surface area contributed by atoms with Gasteiger partial charge in [-0.2, -0.15) is 0 Å². The number of fused-ring (bicyclic) bond motifs is 1. The van der Waals surface area contributed by atoms with Crippen molar-refractivity contribution >= 4 is 34.1 Å². The number of likely N-dealkylation sites (tertiary alicyclic amines) is 1. The topological polar surface area (TPSA) is 100.0 Å². The Bertz CT molecular complexity index is 1110. The van der Waals surface area contributed by atoms with Gasteiger partial charge in [0.25, 0.3) is 0 Å². The number of methoxy groups -OCH3 is 1. The predicted octanol–water partition coefficient (Wildman–Crippen LogP) is 3.72. The number of anilines is 2. The second kappa shape index (κ2) is 9.72. The zero-order valence-corrected chi connectivity index (χ0v) is 18.3. The van der Waals surface area contributed by atoms with Gasteiger partial charge in [0.2, 0.25) is 5.95 Å². The Hall–Kier alpha value is -2.88. The van der Waals surface area contributed by atoms with Crippen LogP contribution in [0, 0.1) is 5.82 Å². The highest BCUT2D eigenvalue weighted by Gasteiger charge is 2.17. The molecule has 2 aromatic carbocycles. The summed E-state index contributed by atoms with van der Waals surface area (Å²) in [6.45, 7) is 2.67. The molecule has 1 unspecified atom stereocenters. The van der Waals surface area contributed by atoms with Crippen LogP contribution in [0.5, 0.6) is 17.2 Å². The summed E-state index contributed by atoms with van der Waals surface area (Å²) < 4.78 is 25.4. The van der Waals surface area contributed by atoms with Crippen molar-refractivity contribution in [2.45, 2.75) is 18.9 Å². The van der Waals surface area contributed by atoms with E-state index in [9.17, 15) is 14.6 Å². The molecule has 1 aliphatic heterocycles. The summed E-state index contributed by atoms with van der Waals surface area (Å²) in [6.07, 6.45) is 3.24. The van der Waals surface area contributed by atoms with E-state index in [2.05, 4.69) is 20.2 Å². The van der Waals surface area contributed by atoms with Gasteiger partial charge in [-0.25, -0.2) is 14.4 Å². The Morgan fingerprint density at radius 2 is 2.00 bits per heavy atom. The van der Waals surface area contributed by atoms with Crippen LogP contribution in [-0.2, 0) is 0 Å². The van der Waals surface area contributed by atoms with E-state index in [1.54, 1.807) is 18.3 Å². The maximum Gasteiger partial charge on any atom is 0.227 e. The Morgan fingerprint density at radius 3 is 2.75 bits per heavy atom. The largest absolute Gasteiger partial charge is 0.506 e. The van der Waals surface area contributed by atoms with E-state index < -0.39 is 11.9 Å². The average molecular weight is 463 g/mol. The van der Waals surface area contributed by atoms with E-state index >= 15 is 0 Å². The van der Waals surface area contributed by atoms with Crippen LogP contribution < -0.4 is 14.8 Å². The van der Waals surface area contributed by atoms with Gasteiger partial charge in [0.1, 0.15) is 24.3 Å². The maximum atomic E-state index is 14.1. The number of aromatic nitrogens is 2. The van der Waals surface area contributed by atoms with Gasteiger partial charge in [0.15, 0.2) is 11.5 Å². The first-order valence-electron chi connectivity index (χ1n) is 10.3. The zero-order chi connectivity index (χ0) is 22.7. The summed E-state index contributed by atoms with van der Waals surface area (Å²) in [4.78, 5) is 10.8. The molecule has 4 rings (SSSR count). The number of hydrogen-bond acceptors (Lipinski definition) is 8. The molecule has 0 amide bonds. The molecule has 170 valence electrons. The lowest BCUT2D eigenvalue weighted by atomic mass is 10.2. The van der Waals surface area contributed by atoms with Crippen molar-refractivity contribution in [3.8, 4) is 17.2 Å². The summed E-state index contributed by atoms with van der Waals surface area (Å²) in [5, 5.41) is 23.4. The number of aromatic hydroxyl groups is 1. The molecule has 3 aromatic rings. The summed E-state index contributed by atoms with van der Waals surface area (Å²) in [5.74, 6) is 0.138. The highest BCUT2D eigenvalue weighted by Crippen LogP contribution is 2.33. The molecule has 10 heteroatoms. The van der Waals surface area contributed by atoms with Crippen molar-refractivity contribution in [2.75, 3.05) is 38.7 Å². The van der Waals surface area contributed by atoms with Gasteiger partial charge in [-0.1, -0.05) is 11.6 Å². The minimum atomic E-state index is -0.651. The SMILES string of the molecule is COc1cc2cnc(Nc3cc(O)c(Cl)cc3F)nc2cc1OCC(O)CN1CCCC1. The van der Waals surface area contributed by atoms with Crippen LogP contribution >= 0.6 is 11.6 Å². The van der Waals surface area contributed by atoms with Crippen molar-refractivity contribution in [1.82, 2.24) is 14.9 Å². The van der Waals surface area contributed by atoms with Gasteiger partial charge in [0.05, 0.1) is 23.3 Å². The van der Waals surface area contributed by atoms with E-state index in [1.807, 2.05) is 0 Å². The molecule has 32 heavy (non-hydrogen) atoms. The van der Waals surface area contributed by atoms with Crippen molar-refractivity contribution in [2.24, 2.45) is 0 Å². The predicted molar refractivity (Wildman–Crippen MR) is 120 cm³/mol. The quantitative estimate of drug-likeness (QED) is 0.466. The molecule has 8 nitrogen and oxygen atoms in total. The maximum absolute atomic E-state index is 14.1. The summed E-state index contributed by atoms with van der Waals surface area (Å²) in [6, 6.07) is 5.58. The van der Waals surface area contributed by atoms with Crippen LogP contribution in [0.1, 0.15) is 12.8 Å². The number of ether oxygens (including phenoxy) is 2. The number of halogens is 2. The zero-order valence-electron chi connectivity index (χ0n) is 17.5. The smallest absolute Gasteiger partial charge is 0.227 e. The van der Waals surface area contributed by atoms with Gasteiger partial charge in [0, 0.05) is 30.3 Å². The summed E-state index contributed by atoms with van der Waals surface area (Å²) in [7, 11) is 1.53. The number of benzene rings is 2. The van der Waals surface area contributed by atoms with Crippen molar-refractivity contribution in [1.29, 1.82) is 0 Å². The van der Waals surface area contributed by atoms with Crippen LogP contribution in [0.2, 0.25) is 5.02 Å². The van der Waals surface area contributed by atoms with Crippen LogP contribution in [0.15, 0.2) is 30.5 Å². The molecule has 0 radical (unpaired) electrons. The Balaban J connectivity index is 1.52. The summed E-state index contributed by atoms with van der Waals surface area (Å²) >= 11 is 5.72. The molecule has 0 spiro atoms. The van der Waals surface area contributed by atoms with Crippen LogP contribution in [0.4, 0.5) is 16.0 Å². The van der Waals surface area contributed by atoms with E-state index in [0.717, 1.165) is 38.1 Å². The number of nitrogens with zero attached hydrogens (tertiary/aromatic N) is 3. The molecule has 1 aromatic heterocycles. The molecule has 1 saturated heterocycles. The third-order valence-corrected chi connectivity index (χ3v) is 5.55. The van der Waals surface area contributed by atoms with Crippen molar-refractivity contribution < 1.29 is 24.1 Å². The first kappa shape index (κ1) is 22.3. The lowest BCUT2D eigenvalue weighted by molar-refractivity contribution is 0.0747. The second-order valence-corrected chi connectivity index (χ2v) is 8.04. The molecular weight excluding hydrogens is 439 g/mol. The van der Waals surface area contributed by atoms with E-state index in [-0.39, 0.29) is 29.0 Å². The fourth-order valence-corrected chi connectivity index (χ4v) is 3.78. The Kier molecular flexibility index (Phi) is 6.78. The first-order chi connectivity index (χ1) is 15.4. The average Bonchev–Trinajstić information content (AvgIpc) is 3.28. The molecule has 1 atom stereocenters. The minimum Gasteiger partial charge on any atom is -0.506 e. The number of nitrogens with one attached hydrogen (secondary N) is 1. The van der Waals surface area contributed by atoms with Crippen molar-refractivity contribution in [3.63, 3.8) is 0 Å². The normalized spacial score (nSPS) is 15.1. The molecule has 0 saturated carbocycles. The third-order valence-electron chi connectivity index (χ3n) is 5.25. The van der Waals surface area contributed by atoms with Crippen molar-refractivity contribution in [3.05, 3.63) is 41.3 Å². The monoisotopic (exact) mass is 462 g/mol. The van der Waals surface area contributed by atoms with Gasteiger partial charge in [-0.15, -0.1) is 0 Å². The van der Waals surface area contributed by atoms with Gasteiger partial charge >= 0.3 is 0 Å². The Labute approximate surface area is 189 Å². The lowest BCUT2D eigenvalue weighted by Crippen LogP contribution is -2.33. The van der Waals surface area contributed by atoms with Gasteiger partial charge in [-0.3, -0.25) is 0 Å². The fraction of sp³-hybridized carbons (Fsp3) is 0.364. The first-order valence-corrected chi connectivity index (χ1v) is 10.6. The number of aliphatic hydroxyl groups excluding tert-OH is 1. The van der Waals surface area contributed by atoms with Gasteiger partial charge in [-0.05, 0) is 38.1 Å². The van der Waals surface area contributed by atoms with Crippen LogP contribution in [0.25, 0.3) is 10.9 Å². The molecule has 0 bridgehead atoms. The number of phenolic OH excluding ortho intramolecular Hbond substituents is 1. The number of β-amino-alcohol motifs (C(OH)–C–C–N with tert-alkyl or cyclic N) is 1. The molecule has 1 fully saturated rings. The molecular formula is C22H24ClFN4O4. The van der Waals surface area contributed by atoms with E-state index in [1.165, 1.54) is 7.11 Å². The molecule has 1 aliphatic rings. The number of rotatable bonds is 8. The molecule has 3 N–H and O–H groups in total. The minimum absolute atomic E-state index is 0.0127. The van der Waals surface area contributed by atoms with E-state index in [4.69, 9.17) is 21.1 Å². The lowest BCUT2D eigenvalue weighted by Gasteiger charge is -2.20. The third kappa shape index (κ3) is 5.12. The molecule has 0 aliphatic carbocycles. The Morgan fingerprint density at radius 1 is 1.22 bits per heavy atom. The number of hydrogen-bond donors (Lipinski definition) is 3. The fourth-order valence-electron chi connectivity index (χ4n) is 3.63. The second-order valence-electron chi connectivity index (χ2n) is 7.64. The molecule has 2 heterocycles. The number of phenols is 1.